The molecular weight excluding hydrogens is 264 g/mol. The summed E-state index contributed by atoms with van der Waals surface area (Å²) in [4.78, 5) is 4.54. The number of para-hydroxylation sites is 1. The van der Waals surface area contributed by atoms with Crippen LogP contribution in [0, 0.1) is 0 Å². The first-order valence-corrected chi connectivity index (χ1v) is 6.98. The Morgan fingerprint density at radius 1 is 1.11 bits per heavy atom. The molecule has 0 saturated carbocycles. The summed E-state index contributed by atoms with van der Waals surface area (Å²) in [6.07, 6.45) is 0. The molecule has 2 aromatic carbocycles. The molecule has 0 fully saturated rings. The molecule has 3 rings (SSSR count). The van der Waals surface area contributed by atoms with Crippen LogP contribution in [-0.4, -0.2) is 4.98 Å². The van der Waals surface area contributed by atoms with Gasteiger partial charge in [0.15, 0.2) is 5.13 Å². The van der Waals surface area contributed by atoms with Crippen LogP contribution in [0.5, 0.6) is 0 Å². The van der Waals surface area contributed by atoms with E-state index < -0.39 is 0 Å². The lowest BCUT2D eigenvalue weighted by Gasteiger charge is -2.03. The third-order valence-electron chi connectivity index (χ3n) is 2.63. The Morgan fingerprint density at radius 3 is 2.83 bits per heavy atom. The SMILES string of the molecule is ClCc1cccc(Nc2nc3ccccc3s2)c1. The summed E-state index contributed by atoms with van der Waals surface area (Å²) >= 11 is 7.48. The molecule has 3 aromatic rings. The van der Waals surface area contributed by atoms with Gasteiger partial charge in [-0.15, -0.1) is 11.6 Å². The van der Waals surface area contributed by atoms with E-state index in [0.29, 0.717) is 5.88 Å². The first-order chi connectivity index (χ1) is 8.85. The fourth-order valence-corrected chi connectivity index (χ4v) is 2.83. The number of fused-ring (bicyclic) bond motifs is 1. The third kappa shape index (κ3) is 2.33. The van der Waals surface area contributed by atoms with Gasteiger partial charge in [0.2, 0.25) is 0 Å². The molecule has 18 heavy (non-hydrogen) atoms. The van der Waals surface area contributed by atoms with E-state index in [1.54, 1.807) is 11.3 Å². The highest BCUT2D eigenvalue weighted by atomic mass is 35.5. The van der Waals surface area contributed by atoms with Crippen LogP contribution in [-0.2, 0) is 5.88 Å². The van der Waals surface area contributed by atoms with E-state index >= 15 is 0 Å². The molecular formula is C14H11ClN2S. The molecule has 0 aliphatic heterocycles. The number of thiazole rings is 1. The zero-order valence-corrected chi connectivity index (χ0v) is 11.1. The summed E-state index contributed by atoms with van der Waals surface area (Å²) in [6.45, 7) is 0. The number of nitrogens with one attached hydrogen (secondary N) is 1. The van der Waals surface area contributed by atoms with Gasteiger partial charge in [-0.2, -0.15) is 0 Å². The Kier molecular flexibility index (Phi) is 3.17. The normalized spacial score (nSPS) is 10.7. The van der Waals surface area contributed by atoms with Crippen molar-refractivity contribution in [3.63, 3.8) is 0 Å². The predicted molar refractivity (Wildman–Crippen MR) is 78.9 cm³/mol. The second-order valence-corrected chi connectivity index (χ2v) is 5.24. The monoisotopic (exact) mass is 274 g/mol. The number of hydrogen-bond donors (Lipinski definition) is 1. The minimum Gasteiger partial charge on any atom is -0.332 e. The van der Waals surface area contributed by atoms with E-state index in [0.717, 1.165) is 21.9 Å². The predicted octanol–water partition coefficient (Wildman–Crippen LogP) is 4.78. The zero-order valence-electron chi connectivity index (χ0n) is 9.56. The number of aromatic nitrogens is 1. The number of benzene rings is 2. The summed E-state index contributed by atoms with van der Waals surface area (Å²) < 4.78 is 1.19. The fraction of sp³-hybridized carbons (Fsp3) is 0.0714. The number of hydrogen-bond acceptors (Lipinski definition) is 3. The lowest BCUT2D eigenvalue weighted by molar-refractivity contribution is 1.38. The zero-order chi connectivity index (χ0) is 12.4. The number of rotatable bonds is 3. The highest BCUT2D eigenvalue weighted by molar-refractivity contribution is 7.22. The molecule has 0 unspecified atom stereocenters. The van der Waals surface area contributed by atoms with Gasteiger partial charge >= 0.3 is 0 Å². The Hall–Kier alpha value is -1.58. The van der Waals surface area contributed by atoms with Gasteiger partial charge in [-0.3, -0.25) is 0 Å². The molecule has 1 aromatic heterocycles. The Balaban J connectivity index is 1.91. The van der Waals surface area contributed by atoms with E-state index in [4.69, 9.17) is 11.6 Å². The Labute approximate surface area is 114 Å². The first-order valence-electron chi connectivity index (χ1n) is 5.62. The van der Waals surface area contributed by atoms with Crippen molar-refractivity contribution < 1.29 is 0 Å². The highest BCUT2D eigenvalue weighted by Crippen LogP contribution is 2.28. The van der Waals surface area contributed by atoms with Crippen LogP contribution in [0.25, 0.3) is 10.2 Å². The quantitative estimate of drug-likeness (QED) is 0.695. The van der Waals surface area contributed by atoms with Crippen molar-refractivity contribution in [3.8, 4) is 0 Å². The average Bonchev–Trinajstić information content (AvgIpc) is 2.81. The van der Waals surface area contributed by atoms with Crippen LogP contribution in [0.3, 0.4) is 0 Å². The molecule has 90 valence electrons. The van der Waals surface area contributed by atoms with Crippen LogP contribution in [0.1, 0.15) is 5.56 Å². The van der Waals surface area contributed by atoms with Crippen molar-refractivity contribution >= 4 is 44.0 Å². The van der Waals surface area contributed by atoms with Crippen molar-refractivity contribution in [2.75, 3.05) is 5.32 Å². The molecule has 2 nitrogen and oxygen atoms in total. The van der Waals surface area contributed by atoms with Crippen LogP contribution >= 0.6 is 22.9 Å². The molecule has 0 atom stereocenters. The van der Waals surface area contributed by atoms with Crippen molar-refractivity contribution in [1.82, 2.24) is 4.98 Å². The number of anilines is 2. The van der Waals surface area contributed by atoms with E-state index in [2.05, 4.69) is 16.4 Å². The van der Waals surface area contributed by atoms with Gasteiger partial charge in [-0.1, -0.05) is 35.6 Å². The number of nitrogens with zero attached hydrogens (tertiary/aromatic N) is 1. The molecule has 0 aliphatic carbocycles. The van der Waals surface area contributed by atoms with Crippen molar-refractivity contribution in [2.45, 2.75) is 5.88 Å². The van der Waals surface area contributed by atoms with E-state index in [-0.39, 0.29) is 0 Å². The molecule has 0 bridgehead atoms. The lowest BCUT2D eigenvalue weighted by Crippen LogP contribution is -1.89. The van der Waals surface area contributed by atoms with E-state index in [1.165, 1.54) is 4.70 Å². The van der Waals surface area contributed by atoms with E-state index in [9.17, 15) is 0 Å². The summed E-state index contributed by atoms with van der Waals surface area (Å²) in [7, 11) is 0. The molecule has 1 N–H and O–H groups in total. The van der Waals surface area contributed by atoms with Crippen molar-refractivity contribution in [2.24, 2.45) is 0 Å². The smallest absolute Gasteiger partial charge is 0.188 e. The summed E-state index contributed by atoms with van der Waals surface area (Å²) in [5.41, 5.74) is 3.15. The minimum absolute atomic E-state index is 0.523. The maximum Gasteiger partial charge on any atom is 0.188 e. The molecule has 0 amide bonds. The molecule has 0 saturated heterocycles. The number of halogens is 1. The maximum absolute atomic E-state index is 5.83. The molecule has 4 heteroatoms. The Bertz CT molecular complexity index is 645. The summed E-state index contributed by atoms with van der Waals surface area (Å²) in [5, 5.41) is 4.22. The van der Waals surface area contributed by atoms with Gasteiger partial charge in [0.25, 0.3) is 0 Å². The van der Waals surface area contributed by atoms with Gasteiger partial charge in [0, 0.05) is 11.6 Å². The standard InChI is InChI=1S/C14H11ClN2S/c15-9-10-4-3-5-11(8-10)16-14-17-12-6-1-2-7-13(12)18-14/h1-8H,9H2,(H,16,17). The van der Waals surface area contributed by atoms with Crippen LogP contribution in [0.15, 0.2) is 48.5 Å². The largest absolute Gasteiger partial charge is 0.332 e. The van der Waals surface area contributed by atoms with Crippen LogP contribution in [0.4, 0.5) is 10.8 Å². The van der Waals surface area contributed by atoms with Crippen LogP contribution in [0.2, 0.25) is 0 Å². The third-order valence-corrected chi connectivity index (χ3v) is 3.89. The summed E-state index contributed by atoms with van der Waals surface area (Å²) in [6, 6.07) is 16.2. The summed E-state index contributed by atoms with van der Waals surface area (Å²) in [5.74, 6) is 0.523. The second-order valence-electron chi connectivity index (χ2n) is 3.95. The Morgan fingerprint density at radius 2 is 2.00 bits per heavy atom. The maximum atomic E-state index is 5.83. The number of alkyl halides is 1. The van der Waals surface area contributed by atoms with Gasteiger partial charge in [0.05, 0.1) is 10.2 Å². The molecule has 0 spiro atoms. The van der Waals surface area contributed by atoms with E-state index in [1.807, 2.05) is 42.5 Å². The van der Waals surface area contributed by atoms with Gasteiger partial charge in [-0.25, -0.2) is 4.98 Å². The topological polar surface area (TPSA) is 24.9 Å². The molecule has 0 radical (unpaired) electrons. The van der Waals surface area contributed by atoms with Crippen molar-refractivity contribution in [3.05, 3.63) is 54.1 Å². The highest BCUT2D eigenvalue weighted by Gasteiger charge is 2.03. The van der Waals surface area contributed by atoms with Crippen molar-refractivity contribution in [1.29, 1.82) is 0 Å². The average molecular weight is 275 g/mol. The first kappa shape index (κ1) is 11.5. The van der Waals surface area contributed by atoms with Crippen LogP contribution < -0.4 is 5.32 Å². The van der Waals surface area contributed by atoms with Gasteiger partial charge < -0.3 is 5.32 Å². The molecule has 1 heterocycles. The van der Waals surface area contributed by atoms with Gasteiger partial charge in [0.1, 0.15) is 0 Å². The lowest BCUT2D eigenvalue weighted by atomic mass is 10.2. The minimum atomic E-state index is 0.523. The fourth-order valence-electron chi connectivity index (χ4n) is 1.78. The van der Waals surface area contributed by atoms with Gasteiger partial charge in [-0.05, 0) is 29.8 Å². The molecule has 0 aliphatic rings. The second kappa shape index (κ2) is 4.96.